The van der Waals surface area contributed by atoms with Gasteiger partial charge in [0.15, 0.2) is 0 Å². The average molecular weight is 280 g/mol. The minimum absolute atomic E-state index is 0.378. The lowest BCUT2D eigenvalue weighted by Gasteiger charge is -1.99. The van der Waals surface area contributed by atoms with E-state index in [4.69, 9.17) is 11.6 Å². The Labute approximate surface area is 83.9 Å². The van der Waals surface area contributed by atoms with Crippen LogP contribution in [0.2, 0.25) is 0 Å². The monoisotopic (exact) mass is 280 g/mol. The van der Waals surface area contributed by atoms with Crippen LogP contribution in [-0.2, 0) is 4.43 Å². The van der Waals surface area contributed by atoms with Crippen molar-refractivity contribution >= 4 is 39.4 Å². The summed E-state index contributed by atoms with van der Waals surface area (Å²) in [5.74, 6) is 0. The molecule has 1 rings (SSSR count). The van der Waals surface area contributed by atoms with E-state index in [2.05, 4.69) is 22.6 Å². The molecule has 0 radical (unpaired) electrons. The van der Waals surface area contributed by atoms with Gasteiger partial charge in [0.1, 0.15) is 0 Å². The van der Waals surface area contributed by atoms with Gasteiger partial charge in [-0.1, -0.05) is 40.8 Å². The van der Waals surface area contributed by atoms with Crippen LogP contribution in [0, 0.1) is 0 Å². The Morgan fingerprint density at radius 1 is 1.45 bits per heavy atom. The van der Waals surface area contributed by atoms with Gasteiger partial charge in [0.2, 0.25) is 0 Å². The maximum absolute atomic E-state index is 10.8. The normalized spacial score (nSPS) is 9.64. The van der Waals surface area contributed by atoms with E-state index in [9.17, 15) is 4.79 Å². The van der Waals surface area contributed by atoms with Gasteiger partial charge in [-0.05, 0) is 23.2 Å². The third-order valence-electron chi connectivity index (χ3n) is 1.37. The lowest BCUT2D eigenvalue weighted by atomic mass is 10.1. The molecule has 1 aromatic carbocycles. The van der Waals surface area contributed by atoms with Crippen molar-refractivity contribution in [3.8, 4) is 0 Å². The van der Waals surface area contributed by atoms with E-state index in [-0.39, 0.29) is 5.24 Å². The summed E-state index contributed by atoms with van der Waals surface area (Å²) in [5, 5.41) is -0.378. The second kappa shape index (κ2) is 4.07. The molecule has 0 unspecified atom stereocenters. The Balaban J connectivity index is 3.12. The van der Waals surface area contributed by atoms with Crippen molar-refractivity contribution in [2.24, 2.45) is 0 Å². The predicted molar refractivity (Wildman–Crippen MR) is 54.3 cm³/mol. The van der Waals surface area contributed by atoms with Crippen LogP contribution in [-0.4, -0.2) is 5.24 Å². The summed E-state index contributed by atoms with van der Waals surface area (Å²) in [4.78, 5) is 10.8. The Morgan fingerprint density at radius 3 is 2.55 bits per heavy atom. The van der Waals surface area contributed by atoms with Gasteiger partial charge in [0, 0.05) is 9.99 Å². The van der Waals surface area contributed by atoms with Crippen LogP contribution in [0.5, 0.6) is 0 Å². The first-order valence-corrected chi connectivity index (χ1v) is 4.99. The number of hydrogen-bond donors (Lipinski definition) is 0. The molecular formula is C8H6ClIO. The van der Waals surface area contributed by atoms with Gasteiger partial charge in [0.05, 0.1) is 0 Å². The Hall–Kier alpha value is -0.0900. The van der Waals surface area contributed by atoms with Crippen LogP contribution >= 0.6 is 34.2 Å². The van der Waals surface area contributed by atoms with E-state index in [0.717, 1.165) is 9.99 Å². The van der Waals surface area contributed by atoms with E-state index in [1.165, 1.54) is 0 Å². The largest absolute Gasteiger partial charge is 0.276 e. The average Bonchev–Trinajstić information content (AvgIpc) is 2.04. The van der Waals surface area contributed by atoms with Crippen LogP contribution in [0.4, 0.5) is 0 Å². The summed E-state index contributed by atoms with van der Waals surface area (Å²) in [6.07, 6.45) is 0. The number of carbonyl (C=O) groups is 1. The molecule has 0 saturated heterocycles. The molecule has 0 aliphatic carbocycles. The quantitative estimate of drug-likeness (QED) is 0.462. The minimum atomic E-state index is -0.378. The summed E-state index contributed by atoms with van der Waals surface area (Å²) in [5.41, 5.74) is 1.61. The van der Waals surface area contributed by atoms with E-state index in [1.54, 1.807) is 6.07 Å². The lowest BCUT2D eigenvalue weighted by molar-refractivity contribution is 0.108. The molecule has 58 valence electrons. The molecule has 0 fully saturated rings. The fourth-order valence-corrected chi connectivity index (χ4v) is 1.68. The van der Waals surface area contributed by atoms with Crippen molar-refractivity contribution in [2.45, 2.75) is 4.43 Å². The highest BCUT2D eigenvalue weighted by molar-refractivity contribution is 14.1. The molecule has 0 bridgehead atoms. The van der Waals surface area contributed by atoms with Crippen molar-refractivity contribution in [3.63, 3.8) is 0 Å². The van der Waals surface area contributed by atoms with Crippen LogP contribution < -0.4 is 0 Å². The predicted octanol–water partition coefficient (Wildman–Crippen LogP) is 3.00. The zero-order chi connectivity index (χ0) is 8.27. The third kappa shape index (κ3) is 2.17. The van der Waals surface area contributed by atoms with Gasteiger partial charge in [-0.3, -0.25) is 4.79 Å². The van der Waals surface area contributed by atoms with Gasteiger partial charge in [0.25, 0.3) is 5.24 Å². The topological polar surface area (TPSA) is 17.1 Å². The van der Waals surface area contributed by atoms with Gasteiger partial charge in [-0.2, -0.15) is 0 Å². The maximum atomic E-state index is 10.8. The third-order valence-corrected chi connectivity index (χ3v) is 2.40. The molecule has 0 heterocycles. The highest BCUT2D eigenvalue weighted by Gasteiger charge is 2.05. The number of alkyl halides is 1. The second-order valence-electron chi connectivity index (χ2n) is 2.06. The van der Waals surface area contributed by atoms with Gasteiger partial charge in [-0.25, -0.2) is 0 Å². The Bertz CT molecular complexity index is 273. The molecule has 0 N–H and O–H groups in total. The summed E-state index contributed by atoms with van der Waals surface area (Å²) < 4.78 is 0.812. The lowest BCUT2D eigenvalue weighted by Crippen LogP contribution is -1.93. The molecule has 3 heteroatoms. The first-order valence-electron chi connectivity index (χ1n) is 3.09. The van der Waals surface area contributed by atoms with Crippen molar-refractivity contribution in [3.05, 3.63) is 35.4 Å². The standard InChI is InChI=1S/C8H6ClIO/c9-8(11)7-4-2-1-3-6(7)5-10/h1-4H,5H2. The first-order chi connectivity index (χ1) is 5.25. The fraction of sp³-hybridized carbons (Fsp3) is 0.125. The van der Waals surface area contributed by atoms with Crippen LogP contribution in [0.25, 0.3) is 0 Å². The summed E-state index contributed by atoms with van der Waals surface area (Å²) in [6, 6.07) is 7.36. The molecule has 0 atom stereocenters. The molecule has 1 aromatic rings. The molecule has 0 aliphatic heterocycles. The van der Waals surface area contributed by atoms with Crippen LogP contribution in [0.3, 0.4) is 0 Å². The first kappa shape index (κ1) is 9.00. The highest BCUT2D eigenvalue weighted by atomic mass is 127. The van der Waals surface area contributed by atoms with Gasteiger partial charge < -0.3 is 0 Å². The molecular weight excluding hydrogens is 274 g/mol. The molecule has 0 spiro atoms. The second-order valence-corrected chi connectivity index (χ2v) is 3.17. The molecule has 11 heavy (non-hydrogen) atoms. The number of carbonyl (C=O) groups excluding carboxylic acids is 1. The molecule has 0 amide bonds. The van der Waals surface area contributed by atoms with Crippen LogP contribution in [0.15, 0.2) is 24.3 Å². The van der Waals surface area contributed by atoms with Crippen LogP contribution in [0.1, 0.15) is 15.9 Å². The maximum Gasteiger partial charge on any atom is 0.252 e. The summed E-state index contributed by atoms with van der Waals surface area (Å²) in [7, 11) is 0. The molecule has 0 saturated carbocycles. The van der Waals surface area contributed by atoms with E-state index >= 15 is 0 Å². The van der Waals surface area contributed by atoms with Crippen molar-refractivity contribution in [1.29, 1.82) is 0 Å². The van der Waals surface area contributed by atoms with Crippen molar-refractivity contribution in [1.82, 2.24) is 0 Å². The van der Waals surface area contributed by atoms with E-state index < -0.39 is 0 Å². The highest BCUT2D eigenvalue weighted by Crippen LogP contribution is 2.14. The molecule has 0 aliphatic rings. The fourth-order valence-electron chi connectivity index (χ4n) is 0.829. The smallest absolute Gasteiger partial charge is 0.252 e. The Morgan fingerprint density at radius 2 is 2.09 bits per heavy atom. The van der Waals surface area contributed by atoms with Gasteiger partial charge in [-0.15, -0.1) is 0 Å². The minimum Gasteiger partial charge on any atom is -0.276 e. The zero-order valence-corrected chi connectivity index (χ0v) is 8.59. The van der Waals surface area contributed by atoms with E-state index in [0.29, 0.717) is 5.56 Å². The summed E-state index contributed by atoms with van der Waals surface area (Å²) >= 11 is 7.55. The molecule has 0 aromatic heterocycles. The van der Waals surface area contributed by atoms with Crippen molar-refractivity contribution in [2.75, 3.05) is 0 Å². The van der Waals surface area contributed by atoms with Gasteiger partial charge >= 0.3 is 0 Å². The number of hydrogen-bond acceptors (Lipinski definition) is 1. The number of benzene rings is 1. The zero-order valence-electron chi connectivity index (χ0n) is 5.68. The van der Waals surface area contributed by atoms with E-state index in [1.807, 2.05) is 18.2 Å². The number of halogens is 2. The summed E-state index contributed by atoms with van der Waals surface area (Å²) in [6.45, 7) is 0. The Kier molecular flexibility index (Phi) is 3.33. The molecule has 1 nitrogen and oxygen atoms in total. The van der Waals surface area contributed by atoms with Crippen molar-refractivity contribution < 1.29 is 4.79 Å². The SMILES string of the molecule is O=C(Cl)c1ccccc1CI. The number of rotatable bonds is 2.